The number of hydrogen-bond donors (Lipinski definition) is 0. The fraction of sp³-hybridized carbons (Fsp3) is 0.0750. The van der Waals surface area contributed by atoms with E-state index in [9.17, 15) is 0 Å². The lowest BCUT2D eigenvalue weighted by atomic mass is 9.73. The Hall–Kier alpha value is -5.61. The summed E-state index contributed by atoms with van der Waals surface area (Å²) in [6.07, 6.45) is 2.01. The quantitative estimate of drug-likeness (QED) is 0.213. The molecule has 0 amide bonds. The third-order valence-electron chi connectivity index (χ3n) is 9.39. The second-order valence-corrected chi connectivity index (χ2v) is 12.2. The Kier molecular flexibility index (Phi) is 5.21. The third kappa shape index (κ3) is 3.42. The standard InChI is InChI=1S/C40H30N4/c1-40(2)33-15-7-10-18-37(33)42(38-19-11-8-16-34(38)40)27-20-22-28(23-21-27)43-35-17-9-6-14-30(35)31-24-25-36-32(39(31)43)26-41-44(36)29-12-4-3-5-13-29/h3-26H,1-2H3. The van der Waals surface area contributed by atoms with Gasteiger partial charge in [-0.1, -0.05) is 86.6 Å². The Bertz CT molecular complexity index is 2310. The zero-order valence-electron chi connectivity index (χ0n) is 24.6. The minimum Gasteiger partial charge on any atom is -0.310 e. The molecule has 8 aromatic rings. The van der Waals surface area contributed by atoms with Crippen molar-refractivity contribution < 1.29 is 0 Å². The number of para-hydroxylation sites is 4. The van der Waals surface area contributed by atoms with E-state index in [1.54, 1.807) is 0 Å². The summed E-state index contributed by atoms with van der Waals surface area (Å²) in [5.41, 5.74) is 11.8. The molecule has 9 rings (SSSR count). The van der Waals surface area contributed by atoms with Crippen molar-refractivity contribution in [1.82, 2.24) is 14.3 Å². The molecule has 0 N–H and O–H groups in total. The SMILES string of the molecule is CC1(C)c2ccccc2N(c2ccc(-n3c4ccccc4c4ccc5c(cnn5-c5ccccc5)c43)cc2)c2ccccc21. The van der Waals surface area contributed by atoms with Crippen molar-refractivity contribution >= 4 is 49.8 Å². The number of anilines is 3. The van der Waals surface area contributed by atoms with Gasteiger partial charge in [-0.25, -0.2) is 4.68 Å². The first-order valence-electron chi connectivity index (χ1n) is 15.2. The Morgan fingerprint density at radius 2 is 1.09 bits per heavy atom. The van der Waals surface area contributed by atoms with Crippen molar-refractivity contribution in [2.45, 2.75) is 19.3 Å². The number of aromatic nitrogens is 3. The molecule has 4 nitrogen and oxygen atoms in total. The van der Waals surface area contributed by atoms with E-state index in [2.05, 4.69) is 157 Å². The van der Waals surface area contributed by atoms with E-state index < -0.39 is 0 Å². The van der Waals surface area contributed by atoms with Crippen LogP contribution in [0.15, 0.2) is 146 Å². The molecule has 0 saturated carbocycles. The lowest BCUT2D eigenvalue weighted by Crippen LogP contribution is -2.30. The number of rotatable bonds is 3. The predicted molar refractivity (Wildman–Crippen MR) is 182 cm³/mol. The average Bonchev–Trinajstić information content (AvgIpc) is 3.65. The van der Waals surface area contributed by atoms with E-state index in [-0.39, 0.29) is 5.41 Å². The zero-order valence-corrected chi connectivity index (χ0v) is 24.6. The second-order valence-electron chi connectivity index (χ2n) is 12.2. The molecule has 0 radical (unpaired) electrons. The van der Waals surface area contributed by atoms with Crippen LogP contribution in [-0.2, 0) is 5.41 Å². The number of benzene rings is 6. The summed E-state index contributed by atoms with van der Waals surface area (Å²) in [5.74, 6) is 0. The highest BCUT2D eigenvalue weighted by Crippen LogP contribution is 2.51. The van der Waals surface area contributed by atoms with E-state index in [1.165, 1.54) is 44.3 Å². The highest BCUT2D eigenvalue weighted by atomic mass is 15.3. The topological polar surface area (TPSA) is 26.0 Å². The maximum atomic E-state index is 4.85. The van der Waals surface area contributed by atoms with Gasteiger partial charge in [0, 0.05) is 32.9 Å². The molecule has 0 saturated heterocycles. The van der Waals surface area contributed by atoms with Gasteiger partial charge in [0.1, 0.15) is 0 Å². The van der Waals surface area contributed by atoms with Crippen LogP contribution < -0.4 is 4.90 Å². The smallest absolute Gasteiger partial charge is 0.0762 e. The number of hydrogen-bond acceptors (Lipinski definition) is 2. The molecule has 1 aliphatic heterocycles. The van der Waals surface area contributed by atoms with Gasteiger partial charge >= 0.3 is 0 Å². The lowest BCUT2D eigenvalue weighted by molar-refractivity contribution is 0.632. The summed E-state index contributed by atoms with van der Waals surface area (Å²) < 4.78 is 4.43. The Labute approximate surface area is 256 Å². The molecule has 1 aliphatic rings. The molecule has 0 aliphatic carbocycles. The van der Waals surface area contributed by atoms with Crippen LogP contribution in [0.2, 0.25) is 0 Å². The van der Waals surface area contributed by atoms with Crippen molar-refractivity contribution in [2.75, 3.05) is 4.90 Å². The first-order chi connectivity index (χ1) is 21.6. The van der Waals surface area contributed by atoms with Crippen molar-refractivity contribution in [3.8, 4) is 11.4 Å². The van der Waals surface area contributed by atoms with Crippen molar-refractivity contribution in [2.24, 2.45) is 0 Å². The highest BCUT2D eigenvalue weighted by Gasteiger charge is 2.36. The van der Waals surface area contributed by atoms with Gasteiger partial charge in [0.25, 0.3) is 0 Å². The fourth-order valence-corrected chi connectivity index (χ4v) is 7.30. The summed E-state index contributed by atoms with van der Waals surface area (Å²) in [5, 5.41) is 8.44. The summed E-state index contributed by atoms with van der Waals surface area (Å²) >= 11 is 0. The first kappa shape index (κ1) is 24.9. The van der Waals surface area contributed by atoms with Crippen LogP contribution in [0.25, 0.3) is 44.1 Å². The normalized spacial score (nSPS) is 13.8. The lowest BCUT2D eigenvalue weighted by Gasteiger charge is -2.42. The van der Waals surface area contributed by atoms with Crippen LogP contribution in [0.3, 0.4) is 0 Å². The van der Waals surface area contributed by atoms with Gasteiger partial charge in [0.2, 0.25) is 0 Å². The maximum absolute atomic E-state index is 4.85. The molecule has 4 heteroatoms. The van der Waals surface area contributed by atoms with Gasteiger partial charge in [0.15, 0.2) is 0 Å². The largest absolute Gasteiger partial charge is 0.310 e. The molecule has 0 fully saturated rings. The van der Waals surface area contributed by atoms with E-state index >= 15 is 0 Å². The molecule has 0 atom stereocenters. The van der Waals surface area contributed by atoms with Crippen molar-refractivity contribution in [3.05, 3.63) is 157 Å². The van der Waals surface area contributed by atoms with E-state index in [1.807, 2.05) is 16.9 Å². The number of nitrogens with zero attached hydrogens (tertiary/aromatic N) is 4. The zero-order chi connectivity index (χ0) is 29.4. The molecular formula is C40H30N4. The van der Waals surface area contributed by atoms with Gasteiger partial charge < -0.3 is 9.47 Å². The summed E-state index contributed by atoms with van der Waals surface area (Å²) in [7, 11) is 0. The minimum absolute atomic E-state index is 0.0812. The monoisotopic (exact) mass is 566 g/mol. The van der Waals surface area contributed by atoms with Gasteiger partial charge in [-0.3, -0.25) is 0 Å². The summed E-state index contributed by atoms with van der Waals surface area (Å²) in [4.78, 5) is 2.41. The van der Waals surface area contributed by atoms with Crippen molar-refractivity contribution in [3.63, 3.8) is 0 Å². The van der Waals surface area contributed by atoms with Crippen LogP contribution >= 0.6 is 0 Å². The molecule has 0 unspecified atom stereocenters. The average molecular weight is 567 g/mol. The number of fused-ring (bicyclic) bond motifs is 7. The molecule has 6 aromatic carbocycles. The summed E-state index contributed by atoms with van der Waals surface area (Å²) in [6.45, 7) is 4.65. The van der Waals surface area contributed by atoms with E-state index in [4.69, 9.17) is 5.10 Å². The van der Waals surface area contributed by atoms with Crippen LogP contribution in [0.1, 0.15) is 25.0 Å². The van der Waals surface area contributed by atoms with Crippen LogP contribution in [0.5, 0.6) is 0 Å². The fourth-order valence-electron chi connectivity index (χ4n) is 7.30. The van der Waals surface area contributed by atoms with Gasteiger partial charge in [0.05, 0.1) is 39.8 Å². The van der Waals surface area contributed by atoms with E-state index in [0.29, 0.717) is 0 Å². The second kappa shape index (κ2) is 9.19. The molecular weight excluding hydrogens is 536 g/mol. The first-order valence-corrected chi connectivity index (χ1v) is 15.2. The van der Waals surface area contributed by atoms with Gasteiger partial charge in [-0.15, -0.1) is 0 Å². The molecule has 0 spiro atoms. The van der Waals surface area contributed by atoms with Crippen LogP contribution in [0.4, 0.5) is 17.1 Å². The molecule has 44 heavy (non-hydrogen) atoms. The van der Waals surface area contributed by atoms with Crippen LogP contribution in [-0.4, -0.2) is 14.3 Å². The van der Waals surface area contributed by atoms with Crippen molar-refractivity contribution in [1.29, 1.82) is 0 Å². The minimum atomic E-state index is -0.0812. The molecule has 3 heterocycles. The van der Waals surface area contributed by atoms with Gasteiger partial charge in [-0.2, -0.15) is 5.10 Å². The Morgan fingerprint density at radius 1 is 0.477 bits per heavy atom. The highest BCUT2D eigenvalue weighted by molar-refractivity contribution is 6.18. The Morgan fingerprint density at radius 3 is 1.82 bits per heavy atom. The predicted octanol–water partition coefficient (Wildman–Crippen LogP) is 10.2. The van der Waals surface area contributed by atoms with Gasteiger partial charge in [-0.05, 0) is 77.9 Å². The summed E-state index contributed by atoms with van der Waals surface area (Å²) in [6, 6.07) is 50.1. The molecule has 0 bridgehead atoms. The maximum Gasteiger partial charge on any atom is 0.0762 e. The molecule has 2 aromatic heterocycles. The van der Waals surface area contributed by atoms with E-state index in [0.717, 1.165) is 28.0 Å². The molecule has 210 valence electrons. The van der Waals surface area contributed by atoms with Crippen LogP contribution in [0, 0.1) is 0 Å². The Balaban J connectivity index is 1.25. The third-order valence-corrected chi connectivity index (χ3v) is 9.39.